The number of rotatable bonds is 5. The largest absolute Gasteiger partial charge is 0.339 e. The molecule has 1 aliphatic rings. The van der Waals surface area contributed by atoms with Crippen molar-refractivity contribution in [2.24, 2.45) is 0 Å². The van der Waals surface area contributed by atoms with Gasteiger partial charge in [0.25, 0.3) is 0 Å². The Bertz CT molecular complexity index is 324. The summed E-state index contributed by atoms with van der Waals surface area (Å²) in [5.41, 5.74) is 0. The minimum atomic E-state index is -2.90. The highest BCUT2D eigenvalue weighted by Gasteiger charge is 2.15. The number of carbonyl (C=O) groups is 1. The fourth-order valence-electron chi connectivity index (χ4n) is 1.38. The lowest BCUT2D eigenvalue weighted by atomic mass is 10.3. The van der Waals surface area contributed by atoms with E-state index in [-0.39, 0.29) is 11.7 Å². The maximum Gasteiger partial charge on any atom is 0.232 e. The van der Waals surface area contributed by atoms with E-state index in [9.17, 15) is 13.2 Å². The number of carbonyl (C=O) groups excluding carboxylic acids is 1. The van der Waals surface area contributed by atoms with E-state index in [2.05, 4.69) is 5.32 Å². The third-order valence-corrected chi connectivity index (χ3v) is 4.44. The van der Waals surface area contributed by atoms with Gasteiger partial charge in [0.2, 0.25) is 5.91 Å². The second-order valence-corrected chi connectivity index (χ2v) is 7.18. The molecule has 16 heavy (non-hydrogen) atoms. The molecule has 1 fully saturated rings. The molecule has 0 radical (unpaired) electrons. The summed E-state index contributed by atoms with van der Waals surface area (Å²) in [5.74, 6) is 1.14. The minimum Gasteiger partial charge on any atom is -0.339 e. The second-order valence-electron chi connectivity index (χ2n) is 3.81. The van der Waals surface area contributed by atoms with Gasteiger partial charge in [-0.2, -0.15) is 11.8 Å². The summed E-state index contributed by atoms with van der Waals surface area (Å²) in [6.45, 7) is 3.20. The van der Waals surface area contributed by atoms with Crippen LogP contribution in [-0.4, -0.2) is 68.9 Å². The molecular formula is C9H18N2O3S2. The average Bonchev–Trinajstić information content (AvgIpc) is 2.24. The highest BCUT2D eigenvalue weighted by molar-refractivity contribution is 8.01. The molecule has 0 atom stereocenters. The standard InChI is InChI=1S/C9H18N2O3S2/c1-16(13,14)7-6-15-8-9(12)11-4-2-10-3-5-11/h10H,2-8H2,1H3. The normalized spacial score (nSPS) is 17.4. The molecule has 0 bridgehead atoms. The first-order chi connectivity index (χ1) is 7.49. The van der Waals surface area contributed by atoms with E-state index in [1.54, 1.807) is 0 Å². The van der Waals surface area contributed by atoms with E-state index in [0.717, 1.165) is 26.2 Å². The number of piperazine rings is 1. The fraction of sp³-hybridized carbons (Fsp3) is 0.889. The molecule has 0 aromatic rings. The number of thioether (sulfide) groups is 1. The average molecular weight is 266 g/mol. The molecule has 1 heterocycles. The van der Waals surface area contributed by atoms with Crippen LogP contribution < -0.4 is 5.32 Å². The smallest absolute Gasteiger partial charge is 0.232 e. The van der Waals surface area contributed by atoms with Crippen molar-refractivity contribution in [2.45, 2.75) is 0 Å². The van der Waals surface area contributed by atoms with Gasteiger partial charge in [-0.05, 0) is 0 Å². The van der Waals surface area contributed by atoms with Gasteiger partial charge in [-0.1, -0.05) is 0 Å². The number of sulfone groups is 1. The summed E-state index contributed by atoms with van der Waals surface area (Å²) in [5, 5.41) is 3.18. The van der Waals surface area contributed by atoms with Gasteiger partial charge in [0.1, 0.15) is 9.84 Å². The van der Waals surface area contributed by atoms with Crippen molar-refractivity contribution in [3.05, 3.63) is 0 Å². The quantitative estimate of drug-likeness (QED) is 0.660. The van der Waals surface area contributed by atoms with Gasteiger partial charge in [0, 0.05) is 38.2 Å². The molecule has 0 spiro atoms. The molecule has 0 aromatic heterocycles. The predicted molar refractivity (Wildman–Crippen MR) is 66.5 cm³/mol. The molecule has 0 aromatic carbocycles. The topological polar surface area (TPSA) is 66.5 Å². The van der Waals surface area contributed by atoms with Crippen LogP contribution in [0.2, 0.25) is 0 Å². The van der Waals surface area contributed by atoms with Crippen molar-refractivity contribution >= 4 is 27.5 Å². The van der Waals surface area contributed by atoms with Crippen LogP contribution in [0.15, 0.2) is 0 Å². The van der Waals surface area contributed by atoms with Crippen LogP contribution in [0.3, 0.4) is 0 Å². The van der Waals surface area contributed by atoms with E-state index in [4.69, 9.17) is 0 Å². The molecule has 1 saturated heterocycles. The van der Waals surface area contributed by atoms with E-state index < -0.39 is 9.84 Å². The Hall–Kier alpha value is -0.270. The second kappa shape index (κ2) is 6.46. The zero-order valence-electron chi connectivity index (χ0n) is 9.44. The zero-order chi connectivity index (χ0) is 12.0. The molecule has 94 valence electrons. The monoisotopic (exact) mass is 266 g/mol. The Morgan fingerprint density at radius 1 is 1.38 bits per heavy atom. The number of hydrogen-bond acceptors (Lipinski definition) is 5. The fourth-order valence-corrected chi connectivity index (χ4v) is 3.56. The van der Waals surface area contributed by atoms with Crippen molar-refractivity contribution in [3.63, 3.8) is 0 Å². The molecule has 7 heteroatoms. The third kappa shape index (κ3) is 5.72. The van der Waals surface area contributed by atoms with Gasteiger partial charge in [0.05, 0.1) is 11.5 Å². The van der Waals surface area contributed by atoms with Crippen molar-refractivity contribution < 1.29 is 13.2 Å². The van der Waals surface area contributed by atoms with E-state index in [1.165, 1.54) is 18.0 Å². The lowest BCUT2D eigenvalue weighted by Crippen LogP contribution is -2.47. The van der Waals surface area contributed by atoms with Gasteiger partial charge in [-0.15, -0.1) is 0 Å². The zero-order valence-corrected chi connectivity index (χ0v) is 11.1. The molecule has 1 amide bonds. The van der Waals surface area contributed by atoms with E-state index in [0.29, 0.717) is 11.5 Å². The predicted octanol–water partition coefficient (Wildman–Crippen LogP) is -0.804. The first-order valence-electron chi connectivity index (χ1n) is 5.23. The Kier molecular flexibility index (Phi) is 5.57. The van der Waals surface area contributed by atoms with Gasteiger partial charge in [-0.25, -0.2) is 8.42 Å². The lowest BCUT2D eigenvalue weighted by molar-refractivity contribution is -0.128. The Morgan fingerprint density at radius 2 is 2.00 bits per heavy atom. The summed E-state index contributed by atoms with van der Waals surface area (Å²) in [6.07, 6.45) is 1.21. The van der Waals surface area contributed by atoms with Crippen LogP contribution in [0.5, 0.6) is 0 Å². The number of nitrogens with one attached hydrogen (secondary N) is 1. The molecule has 0 saturated carbocycles. The molecule has 1 rings (SSSR count). The first-order valence-corrected chi connectivity index (χ1v) is 8.44. The van der Waals surface area contributed by atoms with Gasteiger partial charge in [-0.3, -0.25) is 4.79 Å². The van der Waals surface area contributed by atoms with Crippen LogP contribution in [0.25, 0.3) is 0 Å². The Labute approximate surface area is 101 Å². The van der Waals surface area contributed by atoms with Crippen molar-refractivity contribution in [3.8, 4) is 0 Å². The van der Waals surface area contributed by atoms with Crippen LogP contribution in [0.4, 0.5) is 0 Å². The number of hydrogen-bond donors (Lipinski definition) is 1. The molecule has 5 nitrogen and oxygen atoms in total. The van der Waals surface area contributed by atoms with Gasteiger partial charge < -0.3 is 10.2 Å². The molecular weight excluding hydrogens is 248 g/mol. The highest BCUT2D eigenvalue weighted by atomic mass is 32.2. The van der Waals surface area contributed by atoms with Gasteiger partial charge in [0.15, 0.2) is 0 Å². The first kappa shape index (κ1) is 13.8. The maximum absolute atomic E-state index is 11.7. The summed E-state index contributed by atoms with van der Waals surface area (Å²) < 4.78 is 21.7. The van der Waals surface area contributed by atoms with Gasteiger partial charge >= 0.3 is 0 Å². The summed E-state index contributed by atoms with van der Waals surface area (Å²) in [4.78, 5) is 13.5. The summed E-state index contributed by atoms with van der Waals surface area (Å²) in [7, 11) is -2.90. The number of amides is 1. The lowest BCUT2D eigenvalue weighted by Gasteiger charge is -2.27. The van der Waals surface area contributed by atoms with Crippen LogP contribution in [-0.2, 0) is 14.6 Å². The van der Waals surface area contributed by atoms with Crippen molar-refractivity contribution in [1.82, 2.24) is 10.2 Å². The summed E-state index contributed by atoms with van der Waals surface area (Å²) >= 11 is 1.39. The van der Waals surface area contributed by atoms with Crippen LogP contribution in [0, 0.1) is 0 Å². The van der Waals surface area contributed by atoms with Crippen molar-refractivity contribution in [1.29, 1.82) is 0 Å². The van der Waals surface area contributed by atoms with Crippen LogP contribution >= 0.6 is 11.8 Å². The molecule has 0 aliphatic carbocycles. The SMILES string of the molecule is CS(=O)(=O)CCSCC(=O)N1CCNCC1. The van der Waals surface area contributed by atoms with Crippen molar-refractivity contribution in [2.75, 3.05) is 49.7 Å². The molecule has 1 N–H and O–H groups in total. The Balaban J connectivity index is 2.14. The van der Waals surface area contributed by atoms with E-state index >= 15 is 0 Å². The number of nitrogens with zero attached hydrogens (tertiary/aromatic N) is 1. The summed E-state index contributed by atoms with van der Waals surface area (Å²) in [6, 6.07) is 0. The molecule has 1 aliphatic heterocycles. The molecule has 0 unspecified atom stereocenters. The van der Waals surface area contributed by atoms with Crippen LogP contribution in [0.1, 0.15) is 0 Å². The minimum absolute atomic E-state index is 0.111. The third-order valence-electron chi connectivity index (χ3n) is 2.29. The maximum atomic E-state index is 11.7. The highest BCUT2D eigenvalue weighted by Crippen LogP contribution is 2.04. The van der Waals surface area contributed by atoms with E-state index in [1.807, 2.05) is 4.90 Å². The Morgan fingerprint density at radius 3 is 2.56 bits per heavy atom.